The predicted molar refractivity (Wildman–Crippen MR) is 123 cm³/mol. The van der Waals surface area contributed by atoms with Crippen LogP contribution in [0.1, 0.15) is 48.8 Å². The summed E-state index contributed by atoms with van der Waals surface area (Å²) in [6.45, 7) is 5.52. The molecule has 0 unspecified atom stereocenters. The first-order chi connectivity index (χ1) is 16.7. The Bertz CT molecular complexity index is 1380. The van der Waals surface area contributed by atoms with Crippen LogP contribution in [0.2, 0.25) is 0 Å². The Balaban J connectivity index is 1.85. The van der Waals surface area contributed by atoms with Crippen molar-refractivity contribution in [3.63, 3.8) is 0 Å². The van der Waals surface area contributed by atoms with Crippen LogP contribution in [-0.4, -0.2) is 45.2 Å². The van der Waals surface area contributed by atoms with Gasteiger partial charge in [-0.3, -0.25) is 4.79 Å². The summed E-state index contributed by atoms with van der Waals surface area (Å²) in [5.41, 5.74) is 1.16. The molecule has 0 bridgehead atoms. The molecular formula is C25H24F2N4O4. The van der Waals surface area contributed by atoms with Crippen molar-refractivity contribution in [3.05, 3.63) is 71.6 Å². The van der Waals surface area contributed by atoms with Gasteiger partial charge in [-0.25, -0.2) is 23.2 Å². The lowest BCUT2D eigenvalue weighted by molar-refractivity contribution is -0.148. The molecule has 8 nitrogen and oxygen atoms in total. The van der Waals surface area contributed by atoms with E-state index in [9.17, 15) is 18.4 Å². The van der Waals surface area contributed by atoms with Crippen LogP contribution in [0.25, 0.3) is 22.5 Å². The number of carbonyl (C=O) groups is 2. The summed E-state index contributed by atoms with van der Waals surface area (Å²) in [6.07, 6.45) is 3.03. The molecule has 35 heavy (non-hydrogen) atoms. The molecule has 4 rings (SSSR count). The van der Waals surface area contributed by atoms with E-state index in [2.05, 4.69) is 10.1 Å². The first-order valence-electron chi connectivity index (χ1n) is 11.0. The minimum Gasteiger partial charge on any atom is -0.464 e. The molecule has 0 N–H and O–H groups in total. The number of amides is 1. The Morgan fingerprint density at radius 2 is 1.94 bits per heavy atom. The van der Waals surface area contributed by atoms with Gasteiger partial charge in [0.25, 0.3) is 5.91 Å². The van der Waals surface area contributed by atoms with E-state index in [1.54, 1.807) is 29.8 Å². The van der Waals surface area contributed by atoms with Crippen LogP contribution in [-0.2, 0) is 9.53 Å². The summed E-state index contributed by atoms with van der Waals surface area (Å²) in [6, 6.07) is 6.65. The number of hydrogen-bond acceptors (Lipinski definition) is 6. The van der Waals surface area contributed by atoms with Crippen molar-refractivity contribution >= 4 is 22.9 Å². The molecule has 0 saturated heterocycles. The number of aromatic nitrogens is 3. The van der Waals surface area contributed by atoms with Crippen molar-refractivity contribution in [2.45, 2.75) is 32.9 Å². The molecule has 1 aromatic carbocycles. The fraction of sp³-hybridized carbons (Fsp3) is 0.280. The van der Waals surface area contributed by atoms with Crippen LogP contribution in [0.5, 0.6) is 0 Å². The lowest BCUT2D eigenvalue weighted by Crippen LogP contribution is -2.37. The van der Waals surface area contributed by atoms with Gasteiger partial charge >= 0.3 is 5.97 Å². The molecule has 1 atom stereocenters. The second kappa shape index (κ2) is 9.65. The lowest BCUT2D eigenvalue weighted by atomic mass is 10.0. The molecule has 0 radical (unpaired) electrons. The van der Waals surface area contributed by atoms with Crippen molar-refractivity contribution < 1.29 is 27.5 Å². The van der Waals surface area contributed by atoms with Crippen molar-refractivity contribution in [1.29, 1.82) is 0 Å². The number of benzene rings is 1. The Morgan fingerprint density at radius 1 is 1.17 bits per heavy atom. The maximum atomic E-state index is 14.0. The van der Waals surface area contributed by atoms with Crippen molar-refractivity contribution in [1.82, 2.24) is 19.7 Å². The smallest absolute Gasteiger partial charge is 0.333 e. The molecule has 10 heteroatoms. The average molecular weight is 482 g/mol. The summed E-state index contributed by atoms with van der Waals surface area (Å²) in [4.78, 5) is 32.4. The molecule has 0 saturated carbocycles. The number of ether oxygens (including phenoxy) is 1. The van der Waals surface area contributed by atoms with Gasteiger partial charge in [0.05, 0.1) is 30.0 Å². The van der Waals surface area contributed by atoms with Crippen LogP contribution in [0.15, 0.2) is 53.3 Å². The molecular weight excluding hydrogens is 458 g/mol. The van der Waals surface area contributed by atoms with Gasteiger partial charge in [-0.15, -0.1) is 0 Å². The Labute approximate surface area is 200 Å². The number of pyridine rings is 1. The largest absolute Gasteiger partial charge is 0.464 e. The quantitative estimate of drug-likeness (QED) is 0.347. The minimum absolute atomic E-state index is 0.0398. The van der Waals surface area contributed by atoms with Crippen molar-refractivity contribution in [3.8, 4) is 11.5 Å². The van der Waals surface area contributed by atoms with E-state index in [0.717, 1.165) is 17.0 Å². The SMILES string of the molecule is CCOC(=O)[C@@H](c1ccc(F)c(F)c1)N(C)C(=O)c1cc(-c2ccco2)nc2c1cnn2C(C)C. The van der Waals surface area contributed by atoms with E-state index in [-0.39, 0.29) is 23.8 Å². The summed E-state index contributed by atoms with van der Waals surface area (Å²) in [7, 11) is 1.40. The number of carbonyl (C=O) groups excluding carboxylic acids is 2. The number of rotatable bonds is 7. The number of likely N-dealkylation sites (N-methyl/N-ethyl adjacent to an activating group) is 1. The number of furan rings is 1. The molecule has 0 fully saturated rings. The zero-order chi connectivity index (χ0) is 25.3. The van der Waals surface area contributed by atoms with Gasteiger partial charge in [-0.2, -0.15) is 5.10 Å². The fourth-order valence-corrected chi connectivity index (χ4v) is 3.85. The van der Waals surface area contributed by atoms with E-state index >= 15 is 0 Å². The topological polar surface area (TPSA) is 90.5 Å². The molecule has 182 valence electrons. The number of nitrogens with zero attached hydrogens (tertiary/aromatic N) is 4. The molecule has 0 spiro atoms. The molecule has 0 aliphatic rings. The normalized spacial score (nSPS) is 12.2. The fourth-order valence-electron chi connectivity index (χ4n) is 3.85. The van der Waals surface area contributed by atoms with E-state index in [0.29, 0.717) is 22.5 Å². The molecule has 3 heterocycles. The first-order valence-corrected chi connectivity index (χ1v) is 11.0. The summed E-state index contributed by atoms with van der Waals surface area (Å²) < 4.78 is 39.9. The standard InChI is InChI=1S/C25H24F2N4O4/c1-5-34-25(33)22(15-8-9-18(26)19(27)11-15)30(4)24(32)16-12-20(21-7-6-10-35-21)29-23-17(16)13-28-31(23)14(2)3/h6-14,22H,5H2,1-4H3/t22-/m1/s1. The van der Waals surface area contributed by atoms with Gasteiger partial charge in [0.15, 0.2) is 29.1 Å². The molecule has 0 aliphatic carbocycles. The van der Waals surface area contributed by atoms with Gasteiger partial charge in [0, 0.05) is 13.1 Å². The summed E-state index contributed by atoms with van der Waals surface area (Å²) in [5, 5.41) is 4.85. The molecule has 3 aromatic heterocycles. The van der Waals surface area contributed by atoms with E-state index in [4.69, 9.17) is 9.15 Å². The monoisotopic (exact) mass is 482 g/mol. The van der Waals surface area contributed by atoms with Crippen molar-refractivity contribution in [2.75, 3.05) is 13.7 Å². The molecule has 0 aliphatic heterocycles. The van der Waals surface area contributed by atoms with Gasteiger partial charge in [0.2, 0.25) is 0 Å². The second-order valence-corrected chi connectivity index (χ2v) is 8.20. The van der Waals surface area contributed by atoms with Crippen LogP contribution in [0.4, 0.5) is 8.78 Å². The zero-order valence-electron chi connectivity index (χ0n) is 19.7. The number of esters is 1. The maximum Gasteiger partial charge on any atom is 0.333 e. The van der Waals surface area contributed by atoms with Gasteiger partial charge < -0.3 is 14.1 Å². The van der Waals surface area contributed by atoms with Crippen LogP contribution in [0, 0.1) is 11.6 Å². The predicted octanol–water partition coefficient (Wildman–Crippen LogP) is 4.93. The lowest BCUT2D eigenvalue weighted by Gasteiger charge is -2.27. The summed E-state index contributed by atoms with van der Waals surface area (Å²) in [5.74, 6) is -3.09. The highest BCUT2D eigenvalue weighted by atomic mass is 19.2. The maximum absolute atomic E-state index is 14.0. The molecule has 1 amide bonds. The average Bonchev–Trinajstić information content (AvgIpc) is 3.50. The van der Waals surface area contributed by atoms with Crippen molar-refractivity contribution in [2.24, 2.45) is 0 Å². The van der Waals surface area contributed by atoms with Crippen LogP contribution in [0.3, 0.4) is 0 Å². The Morgan fingerprint density at radius 3 is 2.57 bits per heavy atom. The second-order valence-electron chi connectivity index (χ2n) is 8.20. The Kier molecular flexibility index (Phi) is 6.63. The minimum atomic E-state index is -1.31. The third kappa shape index (κ3) is 4.51. The van der Waals surface area contributed by atoms with Crippen LogP contribution < -0.4 is 0 Å². The Hall–Kier alpha value is -4.08. The highest BCUT2D eigenvalue weighted by Gasteiger charge is 2.33. The third-order valence-corrected chi connectivity index (χ3v) is 5.54. The third-order valence-electron chi connectivity index (χ3n) is 5.54. The number of halogens is 2. The highest BCUT2D eigenvalue weighted by molar-refractivity contribution is 6.07. The molecule has 4 aromatic rings. The summed E-state index contributed by atoms with van der Waals surface area (Å²) >= 11 is 0. The van der Waals surface area contributed by atoms with Gasteiger partial charge in [-0.05, 0) is 56.7 Å². The van der Waals surface area contributed by atoms with Crippen LogP contribution >= 0.6 is 0 Å². The number of fused-ring (bicyclic) bond motifs is 1. The van der Waals surface area contributed by atoms with E-state index in [1.807, 2.05) is 13.8 Å². The van der Waals surface area contributed by atoms with E-state index < -0.39 is 29.6 Å². The highest BCUT2D eigenvalue weighted by Crippen LogP contribution is 2.30. The number of hydrogen-bond donors (Lipinski definition) is 0. The zero-order valence-corrected chi connectivity index (χ0v) is 19.7. The van der Waals surface area contributed by atoms with E-state index in [1.165, 1.54) is 25.6 Å². The van der Waals surface area contributed by atoms with Gasteiger partial charge in [-0.1, -0.05) is 6.07 Å². The first kappa shape index (κ1) is 24.1. The van der Waals surface area contributed by atoms with Gasteiger partial charge in [0.1, 0.15) is 5.69 Å².